The number of hydrogen-bond acceptors (Lipinski definition) is 2. The number of piperazine rings is 1. The summed E-state index contributed by atoms with van der Waals surface area (Å²) in [4.78, 5) is 1.94. The van der Waals surface area contributed by atoms with Crippen molar-refractivity contribution >= 4 is 24.8 Å². The molecule has 1 aromatic rings. The van der Waals surface area contributed by atoms with Crippen molar-refractivity contribution in [3.05, 3.63) is 35.4 Å². The molecule has 0 unspecified atom stereocenters. The highest BCUT2D eigenvalue weighted by atomic mass is 35.5. The van der Waals surface area contributed by atoms with Gasteiger partial charge in [0, 0.05) is 32.2 Å². The molecule has 0 saturated carbocycles. The first-order valence-corrected chi connectivity index (χ1v) is 7.10. The van der Waals surface area contributed by atoms with Gasteiger partial charge < -0.3 is 5.32 Å². The van der Waals surface area contributed by atoms with Gasteiger partial charge in [-0.25, -0.2) is 0 Å². The van der Waals surface area contributed by atoms with E-state index in [4.69, 9.17) is 0 Å². The van der Waals surface area contributed by atoms with E-state index in [1.807, 2.05) is 36.1 Å². The SMILES string of the molecule is CCc1ccc([C@@H](CC(F)(F)F)N2CCNCC2)cc1.Cl.Cl. The zero-order valence-electron chi connectivity index (χ0n) is 12.5. The molecular formula is C15H23Cl2F3N2. The minimum absolute atomic E-state index is 0. The van der Waals surface area contributed by atoms with Crippen molar-refractivity contribution in [3.8, 4) is 0 Å². The van der Waals surface area contributed by atoms with E-state index in [1.165, 1.54) is 0 Å². The molecule has 0 aromatic heterocycles. The lowest BCUT2D eigenvalue weighted by molar-refractivity contribution is -0.148. The fourth-order valence-corrected chi connectivity index (χ4v) is 2.65. The smallest absolute Gasteiger partial charge is 0.314 e. The minimum Gasteiger partial charge on any atom is -0.314 e. The molecule has 1 saturated heterocycles. The molecule has 0 spiro atoms. The molecule has 0 bridgehead atoms. The van der Waals surface area contributed by atoms with Crippen molar-refractivity contribution in [1.29, 1.82) is 0 Å². The summed E-state index contributed by atoms with van der Waals surface area (Å²) in [7, 11) is 0. The Hall–Kier alpha value is -0.490. The normalized spacial score (nSPS) is 17.3. The minimum atomic E-state index is -4.14. The first-order chi connectivity index (χ1) is 9.49. The lowest BCUT2D eigenvalue weighted by atomic mass is 9.99. The van der Waals surface area contributed by atoms with Gasteiger partial charge in [-0.05, 0) is 17.5 Å². The van der Waals surface area contributed by atoms with Crippen LogP contribution in [0, 0.1) is 0 Å². The van der Waals surface area contributed by atoms with Crippen LogP contribution in [0.3, 0.4) is 0 Å². The quantitative estimate of drug-likeness (QED) is 0.875. The fraction of sp³-hybridized carbons (Fsp3) is 0.600. The van der Waals surface area contributed by atoms with E-state index in [-0.39, 0.29) is 24.8 Å². The van der Waals surface area contributed by atoms with Gasteiger partial charge in [-0.15, -0.1) is 24.8 Å². The van der Waals surface area contributed by atoms with E-state index in [9.17, 15) is 13.2 Å². The largest absolute Gasteiger partial charge is 0.390 e. The Balaban J connectivity index is 0.00000220. The maximum Gasteiger partial charge on any atom is 0.390 e. The van der Waals surface area contributed by atoms with Gasteiger partial charge in [-0.2, -0.15) is 13.2 Å². The highest BCUT2D eigenvalue weighted by Crippen LogP contribution is 2.34. The van der Waals surface area contributed by atoms with Gasteiger partial charge in [0.2, 0.25) is 0 Å². The third-order valence-corrected chi connectivity index (χ3v) is 3.79. The van der Waals surface area contributed by atoms with Gasteiger partial charge in [-0.1, -0.05) is 31.2 Å². The van der Waals surface area contributed by atoms with Crippen LogP contribution < -0.4 is 5.32 Å². The van der Waals surface area contributed by atoms with E-state index >= 15 is 0 Å². The Morgan fingerprint density at radius 1 is 1.09 bits per heavy atom. The second kappa shape index (κ2) is 9.60. The van der Waals surface area contributed by atoms with Crippen LogP contribution in [0.25, 0.3) is 0 Å². The number of hydrogen-bond donors (Lipinski definition) is 1. The van der Waals surface area contributed by atoms with Crippen LogP contribution in [0.5, 0.6) is 0 Å². The average molecular weight is 359 g/mol. The number of nitrogens with one attached hydrogen (secondary N) is 1. The van der Waals surface area contributed by atoms with Gasteiger partial charge in [0.25, 0.3) is 0 Å². The molecule has 1 aliphatic heterocycles. The summed E-state index contributed by atoms with van der Waals surface area (Å²) in [5.41, 5.74) is 1.92. The fourth-order valence-electron chi connectivity index (χ4n) is 2.65. The van der Waals surface area contributed by atoms with Crippen molar-refractivity contribution < 1.29 is 13.2 Å². The van der Waals surface area contributed by atoms with Crippen molar-refractivity contribution in [1.82, 2.24) is 10.2 Å². The first kappa shape index (κ1) is 21.5. The van der Waals surface area contributed by atoms with Crippen LogP contribution >= 0.6 is 24.8 Å². The number of aryl methyl sites for hydroxylation is 1. The van der Waals surface area contributed by atoms with Crippen LogP contribution in [0.15, 0.2) is 24.3 Å². The number of rotatable bonds is 4. The molecule has 2 nitrogen and oxygen atoms in total. The number of nitrogens with zero attached hydrogens (tertiary/aromatic N) is 1. The van der Waals surface area contributed by atoms with Crippen LogP contribution in [0.1, 0.15) is 30.5 Å². The monoisotopic (exact) mass is 358 g/mol. The highest BCUT2D eigenvalue weighted by Gasteiger charge is 2.35. The van der Waals surface area contributed by atoms with Gasteiger partial charge in [-0.3, -0.25) is 4.90 Å². The van der Waals surface area contributed by atoms with Gasteiger partial charge in [0.15, 0.2) is 0 Å². The summed E-state index contributed by atoms with van der Waals surface area (Å²) in [6.45, 7) is 4.87. The van der Waals surface area contributed by atoms with E-state index in [0.29, 0.717) is 13.1 Å². The van der Waals surface area contributed by atoms with Crippen molar-refractivity contribution in [2.24, 2.45) is 0 Å². The molecule has 1 atom stereocenters. The third-order valence-electron chi connectivity index (χ3n) is 3.79. The summed E-state index contributed by atoms with van der Waals surface area (Å²) in [6, 6.07) is 6.99. The van der Waals surface area contributed by atoms with E-state index in [1.54, 1.807) is 0 Å². The zero-order chi connectivity index (χ0) is 14.6. The van der Waals surface area contributed by atoms with Gasteiger partial charge in [0.05, 0.1) is 6.42 Å². The topological polar surface area (TPSA) is 15.3 Å². The lowest BCUT2D eigenvalue weighted by Crippen LogP contribution is -2.46. The Morgan fingerprint density at radius 3 is 2.09 bits per heavy atom. The van der Waals surface area contributed by atoms with Crippen LogP contribution in [-0.4, -0.2) is 37.3 Å². The summed E-state index contributed by atoms with van der Waals surface area (Å²) >= 11 is 0. The predicted octanol–water partition coefficient (Wildman–Crippen LogP) is 3.99. The second-order valence-electron chi connectivity index (χ2n) is 5.22. The maximum atomic E-state index is 12.8. The summed E-state index contributed by atoms with van der Waals surface area (Å²) in [6.07, 6.45) is -4.02. The van der Waals surface area contributed by atoms with E-state index < -0.39 is 18.6 Å². The number of halogens is 5. The third kappa shape index (κ3) is 6.32. The number of benzene rings is 1. The van der Waals surface area contributed by atoms with Crippen LogP contribution in [0.4, 0.5) is 13.2 Å². The molecule has 0 aliphatic carbocycles. The molecule has 1 N–H and O–H groups in total. The van der Waals surface area contributed by atoms with Gasteiger partial charge >= 0.3 is 6.18 Å². The predicted molar refractivity (Wildman–Crippen MR) is 88.2 cm³/mol. The second-order valence-corrected chi connectivity index (χ2v) is 5.22. The molecule has 1 aromatic carbocycles. The molecule has 128 valence electrons. The molecule has 0 radical (unpaired) electrons. The molecular weight excluding hydrogens is 336 g/mol. The molecule has 0 amide bonds. The van der Waals surface area contributed by atoms with Crippen molar-refractivity contribution in [2.45, 2.75) is 32.0 Å². The molecule has 2 rings (SSSR count). The van der Waals surface area contributed by atoms with Crippen molar-refractivity contribution in [3.63, 3.8) is 0 Å². The lowest BCUT2D eigenvalue weighted by Gasteiger charge is -2.35. The van der Waals surface area contributed by atoms with E-state index in [2.05, 4.69) is 5.32 Å². The standard InChI is InChI=1S/C15H21F3N2.2ClH/c1-2-12-3-5-13(6-4-12)14(11-15(16,17)18)20-9-7-19-8-10-20;;/h3-6,14,19H,2,7-11H2,1H3;2*1H/t14-;;/m1../s1. The highest BCUT2D eigenvalue weighted by molar-refractivity contribution is 5.85. The Morgan fingerprint density at radius 2 is 1.64 bits per heavy atom. The zero-order valence-corrected chi connectivity index (χ0v) is 14.2. The summed E-state index contributed by atoms with van der Waals surface area (Å²) in [5.74, 6) is 0. The molecule has 1 fully saturated rings. The maximum absolute atomic E-state index is 12.8. The Bertz CT molecular complexity index is 418. The van der Waals surface area contributed by atoms with Crippen LogP contribution in [0.2, 0.25) is 0 Å². The first-order valence-electron chi connectivity index (χ1n) is 7.10. The Kier molecular flexibility index (Phi) is 9.39. The molecule has 7 heteroatoms. The van der Waals surface area contributed by atoms with Crippen LogP contribution in [-0.2, 0) is 6.42 Å². The Labute approximate surface area is 142 Å². The van der Waals surface area contributed by atoms with E-state index in [0.717, 1.165) is 30.6 Å². The molecule has 1 heterocycles. The average Bonchev–Trinajstić information content (AvgIpc) is 2.45. The van der Waals surface area contributed by atoms with Crippen molar-refractivity contribution in [2.75, 3.05) is 26.2 Å². The number of alkyl halides is 3. The molecule has 22 heavy (non-hydrogen) atoms. The van der Waals surface area contributed by atoms with Gasteiger partial charge in [0.1, 0.15) is 0 Å². The summed E-state index contributed by atoms with van der Waals surface area (Å²) in [5, 5.41) is 3.18. The summed E-state index contributed by atoms with van der Waals surface area (Å²) < 4.78 is 38.5. The molecule has 1 aliphatic rings.